The highest BCUT2D eigenvalue weighted by Crippen LogP contribution is 2.26. The van der Waals surface area contributed by atoms with Crippen LogP contribution in [0.15, 0.2) is 125 Å². The van der Waals surface area contributed by atoms with E-state index < -0.39 is 28.5 Å². The molecule has 0 aliphatic carbocycles. The van der Waals surface area contributed by atoms with Gasteiger partial charge < -0.3 is 10.2 Å². The van der Waals surface area contributed by atoms with E-state index in [4.69, 9.17) is 0 Å². The van der Waals surface area contributed by atoms with Crippen LogP contribution in [0.5, 0.6) is 0 Å². The van der Waals surface area contributed by atoms with Crippen LogP contribution in [0.3, 0.4) is 0 Å². The predicted octanol–water partition coefficient (Wildman–Crippen LogP) is 5.03. The first kappa shape index (κ1) is 29.0. The third kappa shape index (κ3) is 7.16. The number of nitrogens with one attached hydrogen (secondary N) is 1. The van der Waals surface area contributed by atoms with E-state index in [0.717, 1.165) is 19.9 Å². The molecular weight excluding hydrogens is 590 g/mol. The molecule has 206 valence electrons. The molecule has 1 N–H and O–H groups in total. The summed E-state index contributed by atoms with van der Waals surface area (Å²) < 4.78 is 29.6. The molecule has 4 aromatic carbocycles. The minimum atomic E-state index is -4.11. The van der Waals surface area contributed by atoms with E-state index in [1.165, 1.54) is 24.1 Å². The Kier molecular flexibility index (Phi) is 9.74. The van der Waals surface area contributed by atoms with Crippen molar-refractivity contribution in [3.8, 4) is 0 Å². The molecule has 7 nitrogen and oxygen atoms in total. The maximum Gasteiger partial charge on any atom is 0.264 e. The summed E-state index contributed by atoms with van der Waals surface area (Å²) in [5.74, 6) is -0.843. The van der Waals surface area contributed by atoms with Gasteiger partial charge in [0.05, 0.1) is 10.6 Å². The highest BCUT2D eigenvalue weighted by atomic mass is 79.9. The average molecular weight is 621 g/mol. The topological polar surface area (TPSA) is 86.8 Å². The second-order valence-electron chi connectivity index (χ2n) is 9.13. The van der Waals surface area contributed by atoms with Crippen molar-refractivity contribution >= 4 is 43.5 Å². The van der Waals surface area contributed by atoms with Gasteiger partial charge in [-0.3, -0.25) is 13.9 Å². The van der Waals surface area contributed by atoms with E-state index in [1.807, 2.05) is 60.7 Å². The molecule has 0 spiro atoms. The molecule has 40 heavy (non-hydrogen) atoms. The number of anilines is 1. The molecule has 4 rings (SSSR count). The smallest absolute Gasteiger partial charge is 0.264 e. The summed E-state index contributed by atoms with van der Waals surface area (Å²) in [6.07, 6.45) is 0.267. The van der Waals surface area contributed by atoms with E-state index in [-0.39, 0.29) is 23.8 Å². The largest absolute Gasteiger partial charge is 0.357 e. The summed E-state index contributed by atoms with van der Waals surface area (Å²) in [4.78, 5) is 28.9. The van der Waals surface area contributed by atoms with Gasteiger partial charge in [-0.15, -0.1) is 0 Å². The van der Waals surface area contributed by atoms with Crippen molar-refractivity contribution in [1.29, 1.82) is 0 Å². The van der Waals surface area contributed by atoms with Crippen LogP contribution in [-0.4, -0.2) is 44.8 Å². The molecule has 0 bridgehead atoms. The Morgan fingerprint density at radius 1 is 0.775 bits per heavy atom. The molecule has 4 aromatic rings. The number of nitrogens with zero attached hydrogens (tertiary/aromatic N) is 2. The molecular formula is C31H30BrN3O4S. The molecule has 0 unspecified atom stereocenters. The van der Waals surface area contributed by atoms with Crippen molar-refractivity contribution in [2.24, 2.45) is 0 Å². The quantitative estimate of drug-likeness (QED) is 0.255. The summed E-state index contributed by atoms with van der Waals surface area (Å²) in [6.45, 7) is -0.363. The Labute approximate surface area is 243 Å². The minimum absolute atomic E-state index is 0.0625. The van der Waals surface area contributed by atoms with Crippen LogP contribution in [0, 0.1) is 0 Å². The van der Waals surface area contributed by atoms with E-state index >= 15 is 0 Å². The first-order valence-corrected chi connectivity index (χ1v) is 14.9. The van der Waals surface area contributed by atoms with Crippen molar-refractivity contribution in [3.63, 3.8) is 0 Å². The molecule has 1 atom stereocenters. The van der Waals surface area contributed by atoms with Crippen molar-refractivity contribution in [1.82, 2.24) is 10.2 Å². The number of carbonyl (C=O) groups excluding carboxylic acids is 2. The molecule has 0 saturated carbocycles. The molecule has 0 aliphatic heterocycles. The molecule has 0 saturated heterocycles. The molecule has 9 heteroatoms. The lowest BCUT2D eigenvalue weighted by Gasteiger charge is -2.33. The van der Waals surface area contributed by atoms with Crippen molar-refractivity contribution < 1.29 is 18.0 Å². The lowest BCUT2D eigenvalue weighted by molar-refractivity contribution is -0.139. The Bertz CT molecular complexity index is 1520. The summed E-state index contributed by atoms with van der Waals surface area (Å²) in [5.41, 5.74) is 2.03. The van der Waals surface area contributed by atoms with Gasteiger partial charge in [0.2, 0.25) is 11.8 Å². The van der Waals surface area contributed by atoms with Crippen LogP contribution in [0.4, 0.5) is 5.69 Å². The fraction of sp³-hybridized carbons (Fsp3) is 0.161. The number of rotatable bonds is 11. The molecule has 2 amide bonds. The maximum atomic E-state index is 14.2. The fourth-order valence-electron chi connectivity index (χ4n) is 4.36. The van der Waals surface area contributed by atoms with Gasteiger partial charge in [0.15, 0.2) is 0 Å². The summed E-state index contributed by atoms with van der Waals surface area (Å²) in [6, 6.07) is 32.6. The number of benzene rings is 4. The molecule has 0 radical (unpaired) electrons. The Hall–Kier alpha value is -3.95. The van der Waals surface area contributed by atoms with Crippen LogP contribution in [0.2, 0.25) is 0 Å². The molecule has 0 aromatic heterocycles. The van der Waals surface area contributed by atoms with Crippen LogP contribution in [0.25, 0.3) is 0 Å². The van der Waals surface area contributed by atoms with Crippen LogP contribution >= 0.6 is 15.9 Å². The lowest BCUT2D eigenvalue weighted by atomic mass is 10.0. The molecule has 0 aliphatic rings. The van der Waals surface area contributed by atoms with E-state index in [1.54, 1.807) is 42.5 Å². The monoisotopic (exact) mass is 619 g/mol. The second kappa shape index (κ2) is 13.4. The van der Waals surface area contributed by atoms with Gasteiger partial charge in [0, 0.05) is 24.5 Å². The number of likely N-dealkylation sites (N-methyl/N-ethyl adjacent to an activating group) is 1. The highest BCUT2D eigenvalue weighted by molar-refractivity contribution is 9.10. The number of halogens is 1. The van der Waals surface area contributed by atoms with Crippen molar-refractivity contribution in [2.75, 3.05) is 17.9 Å². The van der Waals surface area contributed by atoms with Crippen LogP contribution < -0.4 is 9.62 Å². The van der Waals surface area contributed by atoms with E-state index in [0.29, 0.717) is 5.69 Å². The second-order valence-corrected chi connectivity index (χ2v) is 11.9. The lowest BCUT2D eigenvalue weighted by Crippen LogP contribution is -2.53. The Balaban J connectivity index is 1.76. The van der Waals surface area contributed by atoms with E-state index in [2.05, 4.69) is 21.2 Å². The first-order chi connectivity index (χ1) is 19.3. The first-order valence-electron chi connectivity index (χ1n) is 12.7. The Morgan fingerprint density at radius 2 is 1.30 bits per heavy atom. The van der Waals surface area contributed by atoms with Gasteiger partial charge in [-0.1, -0.05) is 94.8 Å². The van der Waals surface area contributed by atoms with E-state index in [9.17, 15) is 18.0 Å². The zero-order valence-electron chi connectivity index (χ0n) is 22.0. The van der Waals surface area contributed by atoms with Gasteiger partial charge in [-0.05, 0) is 47.5 Å². The Morgan fingerprint density at radius 3 is 1.85 bits per heavy atom. The number of amides is 2. The third-order valence-corrected chi connectivity index (χ3v) is 8.75. The van der Waals surface area contributed by atoms with Crippen molar-refractivity contribution in [2.45, 2.75) is 23.9 Å². The summed E-state index contributed by atoms with van der Waals surface area (Å²) in [5, 5.41) is 2.68. The molecule has 0 heterocycles. The summed E-state index contributed by atoms with van der Waals surface area (Å²) in [7, 11) is -2.58. The minimum Gasteiger partial charge on any atom is -0.357 e. The van der Waals surface area contributed by atoms with Gasteiger partial charge in [-0.25, -0.2) is 8.42 Å². The van der Waals surface area contributed by atoms with Gasteiger partial charge in [-0.2, -0.15) is 0 Å². The normalized spacial score (nSPS) is 11.8. The van der Waals surface area contributed by atoms with Gasteiger partial charge >= 0.3 is 0 Å². The zero-order valence-corrected chi connectivity index (χ0v) is 24.4. The average Bonchev–Trinajstić information content (AvgIpc) is 2.99. The van der Waals surface area contributed by atoms with Gasteiger partial charge in [0.1, 0.15) is 12.6 Å². The van der Waals surface area contributed by atoms with Crippen LogP contribution in [-0.2, 0) is 32.6 Å². The number of sulfonamides is 1. The third-order valence-electron chi connectivity index (χ3n) is 6.44. The van der Waals surface area contributed by atoms with Crippen LogP contribution in [0.1, 0.15) is 11.1 Å². The summed E-state index contributed by atoms with van der Waals surface area (Å²) >= 11 is 3.39. The van der Waals surface area contributed by atoms with Crippen molar-refractivity contribution in [3.05, 3.63) is 131 Å². The highest BCUT2D eigenvalue weighted by Gasteiger charge is 2.34. The standard InChI is InChI=1S/C31H30BrN3O4S/c1-33-31(37)29(21-24-11-5-2-6-12-24)34(22-25-13-7-3-8-14-25)30(36)23-35(27-19-17-26(32)18-20-27)40(38,39)28-15-9-4-10-16-28/h2-20,29H,21-23H2,1H3,(H,33,37)/t29-/m0/s1. The number of hydrogen-bond acceptors (Lipinski definition) is 4. The number of hydrogen-bond donors (Lipinski definition) is 1. The number of carbonyl (C=O) groups is 2. The predicted molar refractivity (Wildman–Crippen MR) is 160 cm³/mol. The van der Waals surface area contributed by atoms with Gasteiger partial charge in [0.25, 0.3) is 10.0 Å². The maximum absolute atomic E-state index is 14.2. The zero-order chi connectivity index (χ0) is 28.5. The SMILES string of the molecule is CNC(=O)[C@H](Cc1ccccc1)N(Cc1ccccc1)C(=O)CN(c1ccc(Br)cc1)S(=O)(=O)c1ccccc1. The molecule has 0 fully saturated rings. The fourth-order valence-corrected chi connectivity index (χ4v) is 6.06.